The fourth-order valence-electron chi connectivity index (χ4n) is 2.73. The number of rotatable bonds is 4. The molecule has 1 amide bonds. The van der Waals surface area contributed by atoms with Crippen LogP contribution in [0.3, 0.4) is 0 Å². The highest BCUT2D eigenvalue weighted by Crippen LogP contribution is 2.60. The predicted octanol–water partition coefficient (Wildman–Crippen LogP) is 3.68. The summed E-state index contributed by atoms with van der Waals surface area (Å²) < 4.78 is 1.05. The number of carbonyl (C=O) groups is 1. The molecule has 2 fully saturated rings. The lowest BCUT2D eigenvalue weighted by Crippen LogP contribution is -2.31. The molecule has 0 aliphatic heterocycles. The van der Waals surface area contributed by atoms with Gasteiger partial charge in [0.2, 0.25) is 0 Å². The van der Waals surface area contributed by atoms with Crippen molar-refractivity contribution in [2.45, 2.75) is 32.6 Å². The summed E-state index contributed by atoms with van der Waals surface area (Å²) >= 11 is 3.45. The Morgan fingerprint density at radius 3 is 2.72 bits per heavy atom. The largest absolute Gasteiger partial charge is 0.351 e. The van der Waals surface area contributed by atoms with Crippen LogP contribution in [0, 0.1) is 18.3 Å². The van der Waals surface area contributed by atoms with Crippen molar-refractivity contribution in [3.8, 4) is 0 Å². The number of halogens is 1. The summed E-state index contributed by atoms with van der Waals surface area (Å²) in [7, 11) is 0. The molecule has 1 N–H and O–H groups in total. The van der Waals surface area contributed by atoms with Gasteiger partial charge in [-0.3, -0.25) is 4.79 Å². The van der Waals surface area contributed by atoms with Crippen LogP contribution in [0.25, 0.3) is 0 Å². The van der Waals surface area contributed by atoms with Crippen LogP contribution in [0.5, 0.6) is 0 Å². The Kier molecular flexibility index (Phi) is 2.97. The highest BCUT2D eigenvalue weighted by molar-refractivity contribution is 9.10. The molecular weight excluding hydrogens is 290 g/mol. The van der Waals surface area contributed by atoms with Gasteiger partial charge in [-0.25, -0.2) is 0 Å². The molecule has 0 aromatic heterocycles. The Morgan fingerprint density at radius 2 is 2.17 bits per heavy atom. The van der Waals surface area contributed by atoms with Gasteiger partial charge in [-0.2, -0.15) is 0 Å². The maximum atomic E-state index is 12.1. The van der Waals surface area contributed by atoms with Gasteiger partial charge in [0.25, 0.3) is 5.91 Å². The van der Waals surface area contributed by atoms with Crippen LogP contribution >= 0.6 is 15.9 Å². The average Bonchev–Trinajstić information content (AvgIpc) is 3.22. The molecule has 0 unspecified atom stereocenters. The summed E-state index contributed by atoms with van der Waals surface area (Å²) in [6.07, 6.45) is 5.34. The zero-order chi connectivity index (χ0) is 12.8. The molecule has 0 bridgehead atoms. The number of carbonyl (C=O) groups excluding carboxylic acids is 1. The average molecular weight is 308 g/mol. The van der Waals surface area contributed by atoms with Gasteiger partial charge in [-0.15, -0.1) is 0 Å². The SMILES string of the molecule is Cc1cc(C(=O)NCC2(C3CC3)CC2)ccc1Br. The molecule has 0 atom stereocenters. The molecule has 0 spiro atoms. The third kappa shape index (κ3) is 2.33. The predicted molar refractivity (Wildman–Crippen MR) is 75.6 cm³/mol. The minimum absolute atomic E-state index is 0.0672. The molecule has 3 heteroatoms. The van der Waals surface area contributed by atoms with Crippen molar-refractivity contribution < 1.29 is 4.79 Å². The molecule has 2 nitrogen and oxygen atoms in total. The fourth-order valence-corrected chi connectivity index (χ4v) is 2.98. The van der Waals surface area contributed by atoms with Gasteiger partial charge in [0.05, 0.1) is 0 Å². The van der Waals surface area contributed by atoms with Gasteiger partial charge in [-0.05, 0) is 67.7 Å². The van der Waals surface area contributed by atoms with Gasteiger partial charge < -0.3 is 5.32 Å². The first-order valence-electron chi connectivity index (χ1n) is 6.65. The number of benzene rings is 1. The summed E-state index contributed by atoms with van der Waals surface area (Å²) in [5.41, 5.74) is 2.34. The van der Waals surface area contributed by atoms with Gasteiger partial charge in [0.1, 0.15) is 0 Å². The first-order chi connectivity index (χ1) is 8.61. The standard InChI is InChI=1S/C15H18BrNO/c1-10-8-11(2-5-13(10)16)14(18)17-9-15(6-7-15)12-3-4-12/h2,5,8,12H,3-4,6-7,9H2,1H3,(H,17,18). The van der Waals surface area contributed by atoms with Crippen molar-refractivity contribution in [1.82, 2.24) is 5.32 Å². The summed E-state index contributed by atoms with van der Waals surface area (Å²) in [6, 6.07) is 5.76. The van der Waals surface area contributed by atoms with E-state index in [1.807, 2.05) is 25.1 Å². The van der Waals surface area contributed by atoms with Crippen LogP contribution in [-0.4, -0.2) is 12.5 Å². The highest BCUT2D eigenvalue weighted by atomic mass is 79.9. The summed E-state index contributed by atoms with van der Waals surface area (Å²) in [4.78, 5) is 12.1. The molecule has 3 rings (SSSR count). The van der Waals surface area contributed by atoms with Crippen LogP contribution < -0.4 is 5.32 Å². The lowest BCUT2D eigenvalue weighted by Gasteiger charge is -2.15. The molecule has 1 aromatic carbocycles. The molecule has 0 radical (unpaired) electrons. The van der Waals surface area contributed by atoms with E-state index in [0.717, 1.165) is 28.1 Å². The second-order valence-corrected chi connectivity index (χ2v) is 6.64. The van der Waals surface area contributed by atoms with Gasteiger partial charge >= 0.3 is 0 Å². The van der Waals surface area contributed by atoms with Crippen molar-refractivity contribution in [2.24, 2.45) is 11.3 Å². The van der Waals surface area contributed by atoms with E-state index in [1.165, 1.54) is 25.7 Å². The lowest BCUT2D eigenvalue weighted by molar-refractivity contribution is 0.0942. The molecule has 2 aliphatic rings. The van der Waals surface area contributed by atoms with Crippen LogP contribution in [-0.2, 0) is 0 Å². The van der Waals surface area contributed by atoms with Crippen LogP contribution in [0.15, 0.2) is 22.7 Å². The van der Waals surface area contributed by atoms with E-state index in [1.54, 1.807) is 0 Å². The van der Waals surface area contributed by atoms with E-state index >= 15 is 0 Å². The third-order valence-corrected chi connectivity index (χ3v) is 5.25. The minimum atomic E-state index is 0.0672. The van der Waals surface area contributed by atoms with Crippen molar-refractivity contribution >= 4 is 21.8 Å². The zero-order valence-electron chi connectivity index (χ0n) is 10.6. The van der Waals surface area contributed by atoms with E-state index in [4.69, 9.17) is 0 Å². The molecule has 2 saturated carbocycles. The molecule has 96 valence electrons. The maximum Gasteiger partial charge on any atom is 0.251 e. The molecule has 0 saturated heterocycles. The smallest absolute Gasteiger partial charge is 0.251 e. The Balaban J connectivity index is 1.62. The van der Waals surface area contributed by atoms with E-state index < -0.39 is 0 Å². The molecule has 0 heterocycles. The quantitative estimate of drug-likeness (QED) is 0.903. The maximum absolute atomic E-state index is 12.1. The highest BCUT2D eigenvalue weighted by Gasteiger charge is 2.53. The van der Waals surface area contributed by atoms with E-state index in [9.17, 15) is 4.79 Å². The van der Waals surface area contributed by atoms with E-state index in [2.05, 4.69) is 21.2 Å². The van der Waals surface area contributed by atoms with Crippen LogP contribution in [0.1, 0.15) is 41.6 Å². The van der Waals surface area contributed by atoms with Gasteiger partial charge in [-0.1, -0.05) is 15.9 Å². The number of amides is 1. The zero-order valence-corrected chi connectivity index (χ0v) is 12.2. The summed E-state index contributed by atoms with van der Waals surface area (Å²) in [5.74, 6) is 0.960. The number of aryl methyl sites for hydroxylation is 1. The molecule has 18 heavy (non-hydrogen) atoms. The first-order valence-corrected chi connectivity index (χ1v) is 7.44. The fraction of sp³-hybridized carbons (Fsp3) is 0.533. The van der Waals surface area contributed by atoms with Crippen molar-refractivity contribution in [2.75, 3.05) is 6.54 Å². The molecule has 2 aliphatic carbocycles. The molecular formula is C15H18BrNO. The van der Waals surface area contributed by atoms with Crippen molar-refractivity contribution in [3.63, 3.8) is 0 Å². The topological polar surface area (TPSA) is 29.1 Å². The Labute approximate surface area is 116 Å². The lowest BCUT2D eigenvalue weighted by atomic mass is 10.0. The third-order valence-electron chi connectivity index (χ3n) is 4.36. The Morgan fingerprint density at radius 1 is 1.44 bits per heavy atom. The number of hydrogen-bond donors (Lipinski definition) is 1. The van der Waals surface area contributed by atoms with Gasteiger partial charge in [0.15, 0.2) is 0 Å². The Hall–Kier alpha value is -0.830. The number of nitrogens with one attached hydrogen (secondary N) is 1. The van der Waals surface area contributed by atoms with Crippen LogP contribution in [0.4, 0.5) is 0 Å². The minimum Gasteiger partial charge on any atom is -0.351 e. The van der Waals surface area contributed by atoms with E-state index in [0.29, 0.717) is 5.41 Å². The first kappa shape index (κ1) is 12.2. The van der Waals surface area contributed by atoms with Crippen molar-refractivity contribution in [3.05, 3.63) is 33.8 Å². The summed E-state index contributed by atoms with van der Waals surface area (Å²) in [5, 5.41) is 3.12. The monoisotopic (exact) mass is 307 g/mol. The Bertz CT molecular complexity index is 489. The number of hydrogen-bond acceptors (Lipinski definition) is 1. The second kappa shape index (κ2) is 4.37. The van der Waals surface area contributed by atoms with Crippen LogP contribution in [0.2, 0.25) is 0 Å². The van der Waals surface area contributed by atoms with E-state index in [-0.39, 0.29) is 5.91 Å². The summed E-state index contributed by atoms with van der Waals surface area (Å²) in [6.45, 7) is 2.87. The normalized spacial score (nSPS) is 20.6. The molecule has 1 aromatic rings. The van der Waals surface area contributed by atoms with Gasteiger partial charge in [0, 0.05) is 16.6 Å². The van der Waals surface area contributed by atoms with Crippen molar-refractivity contribution in [1.29, 1.82) is 0 Å². The second-order valence-electron chi connectivity index (χ2n) is 5.78.